The van der Waals surface area contributed by atoms with E-state index in [1.54, 1.807) is 0 Å². The first kappa shape index (κ1) is 14.3. The monoisotopic (exact) mass is 286 g/mol. The number of hydrogen-bond donors (Lipinski definition) is 1. The molecule has 4 heteroatoms. The smallest absolute Gasteiger partial charge is 0.145 e. The van der Waals surface area contributed by atoms with Gasteiger partial charge in [-0.1, -0.05) is 18.2 Å². The van der Waals surface area contributed by atoms with E-state index in [2.05, 4.69) is 22.4 Å². The van der Waals surface area contributed by atoms with Gasteiger partial charge in [-0.25, -0.2) is 4.98 Å². The van der Waals surface area contributed by atoms with E-state index in [9.17, 15) is 0 Å². The van der Waals surface area contributed by atoms with Crippen LogP contribution in [0.3, 0.4) is 0 Å². The van der Waals surface area contributed by atoms with E-state index in [-0.39, 0.29) is 0 Å². The highest BCUT2D eigenvalue weighted by Crippen LogP contribution is 2.23. The van der Waals surface area contributed by atoms with Gasteiger partial charge in [0.2, 0.25) is 0 Å². The zero-order chi connectivity index (χ0) is 14.5. The first-order valence-corrected chi connectivity index (χ1v) is 7.64. The summed E-state index contributed by atoms with van der Waals surface area (Å²) in [5, 5.41) is 4.50. The van der Waals surface area contributed by atoms with E-state index in [1.165, 1.54) is 12.8 Å². The Bertz CT molecular complexity index is 594. The zero-order valence-electron chi connectivity index (χ0n) is 12.5. The summed E-state index contributed by atoms with van der Waals surface area (Å²) in [5.41, 5.74) is 1.95. The fourth-order valence-corrected chi connectivity index (χ4v) is 2.64. The number of nitrogens with zero attached hydrogens (tertiary/aromatic N) is 1. The molecule has 21 heavy (non-hydrogen) atoms. The maximum Gasteiger partial charge on any atom is 0.145 e. The maximum absolute atomic E-state index is 5.87. The third-order valence-electron chi connectivity index (χ3n) is 3.75. The van der Waals surface area contributed by atoms with Gasteiger partial charge in [-0.15, -0.1) is 0 Å². The van der Waals surface area contributed by atoms with E-state index in [0.29, 0.717) is 12.7 Å². The highest BCUT2D eigenvalue weighted by atomic mass is 16.5. The summed E-state index contributed by atoms with van der Waals surface area (Å²) < 4.78 is 11.4. The highest BCUT2D eigenvalue weighted by Gasteiger charge is 2.14. The number of aryl methyl sites for hydroxylation is 1. The first-order chi connectivity index (χ1) is 10.3. The summed E-state index contributed by atoms with van der Waals surface area (Å²) in [6.45, 7) is 5.28. The molecule has 1 atom stereocenters. The minimum atomic E-state index is 0.381. The SMILES string of the molecule is Cc1ccc2cccc(OCCNCC3CCCO3)c2n1. The van der Waals surface area contributed by atoms with Gasteiger partial charge >= 0.3 is 0 Å². The number of hydrogen-bond acceptors (Lipinski definition) is 4. The highest BCUT2D eigenvalue weighted by molar-refractivity contribution is 5.84. The molecule has 0 bridgehead atoms. The van der Waals surface area contributed by atoms with Crippen molar-refractivity contribution in [2.24, 2.45) is 0 Å². The van der Waals surface area contributed by atoms with E-state index < -0.39 is 0 Å². The van der Waals surface area contributed by atoms with Gasteiger partial charge in [0.25, 0.3) is 0 Å². The molecule has 2 heterocycles. The summed E-state index contributed by atoms with van der Waals surface area (Å²) in [4.78, 5) is 4.57. The Labute approximate surface area is 125 Å². The molecular weight excluding hydrogens is 264 g/mol. The van der Waals surface area contributed by atoms with Crippen LogP contribution in [0.15, 0.2) is 30.3 Å². The van der Waals surface area contributed by atoms with Gasteiger partial charge in [0.05, 0.1) is 6.10 Å². The minimum Gasteiger partial charge on any atom is -0.490 e. The summed E-state index contributed by atoms with van der Waals surface area (Å²) in [5.74, 6) is 0.857. The van der Waals surface area contributed by atoms with Crippen LogP contribution in [-0.2, 0) is 4.74 Å². The molecule has 1 aromatic carbocycles. The lowest BCUT2D eigenvalue weighted by molar-refractivity contribution is 0.109. The van der Waals surface area contributed by atoms with Gasteiger partial charge in [-0.2, -0.15) is 0 Å². The number of nitrogens with one attached hydrogen (secondary N) is 1. The van der Waals surface area contributed by atoms with Crippen molar-refractivity contribution < 1.29 is 9.47 Å². The van der Waals surface area contributed by atoms with Crippen molar-refractivity contribution in [1.82, 2.24) is 10.3 Å². The summed E-state index contributed by atoms with van der Waals surface area (Å²) in [6, 6.07) is 10.2. The molecule has 3 rings (SSSR count). The molecule has 0 spiro atoms. The molecule has 1 unspecified atom stereocenters. The van der Waals surface area contributed by atoms with Crippen LogP contribution in [0.5, 0.6) is 5.75 Å². The van der Waals surface area contributed by atoms with E-state index in [1.807, 2.05) is 25.1 Å². The van der Waals surface area contributed by atoms with Crippen LogP contribution in [0.4, 0.5) is 0 Å². The summed E-state index contributed by atoms with van der Waals surface area (Å²) in [6.07, 6.45) is 2.73. The number of aromatic nitrogens is 1. The Hall–Kier alpha value is -1.65. The lowest BCUT2D eigenvalue weighted by Gasteiger charge is -2.12. The Morgan fingerprint density at radius 2 is 2.29 bits per heavy atom. The minimum absolute atomic E-state index is 0.381. The van der Waals surface area contributed by atoms with Crippen LogP contribution >= 0.6 is 0 Å². The number of fused-ring (bicyclic) bond motifs is 1. The lowest BCUT2D eigenvalue weighted by Crippen LogP contribution is -2.29. The lowest BCUT2D eigenvalue weighted by atomic mass is 10.2. The van der Waals surface area contributed by atoms with Gasteiger partial charge in [-0.05, 0) is 31.9 Å². The topological polar surface area (TPSA) is 43.4 Å². The molecule has 1 fully saturated rings. The van der Waals surface area contributed by atoms with Crippen molar-refractivity contribution in [3.8, 4) is 5.75 Å². The molecule has 0 saturated carbocycles. The number of para-hydroxylation sites is 1. The molecule has 4 nitrogen and oxygen atoms in total. The van der Waals surface area contributed by atoms with Crippen LogP contribution in [0, 0.1) is 6.92 Å². The van der Waals surface area contributed by atoms with Crippen LogP contribution in [0.1, 0.15) is 18.5 Å². The molecule has 1 aliphatic heterocycles. The van der Waals surface area contributed by atoms with Crippen molar-refractivity contribution in [3.05, 3.63) is 36.0 Å². The molecular formula is C17H22N2O2. The van der Waals surface area contributed by atoms with E-state index >= 15 is 0 Å². The predicted octanol–water partition coefficient (Wildman–Crippen LogP) is 2.69. The predicted molar refractivity (Wildman–Crippen MR) is 83.8 cm³/mol. The van der Waals surface area contributed by atoms with E-state index in [4.69, 9.17) is 9.47 Å². The van der Waals surface area contributed by atoms with Gasteiger partial charge in [0, 0.05) is 30.8 Å². The second-order valence-electron chi connectivity index (χ2n) is 5.47. The Morgan fingerprint density at radius 3 is 3.14 bits per heavy atom. The van der Waals surface area contributed by atoms with Gasteiger partial charge in [0.15, 0.2) is 0 Å². The van der Waals surface area contributed by atoms with Crippen molar-refractivity contribution >= 4 is 10.9 Å². The molecule has 1 aliphatic rings. The normalized spacial score (nSPS) is 18.2. The van der Waals surface area contributed by atoms with Crippen LogP contribution in [0.25, 0.3) is 10.9 Å². The largest absolute Gasteiger partial charge is 0.490 e. The maximum atomic E-state index is 5.87. The van der Waals surface area contributed by atoms with Crippen molar-refractivity contribution in [2.45, 2.75) is 25.9 Å². The molecule has 0 radical (unpaired) electrons. The third kappa shape index (κ3) is 3.71. The van der Waals surface area contributed by atoms with Gasteiger partial charge in [0.1, 0.15) is 17.9 Å². The second-order valence-corrected chi connectivity index (χ2v) is 5.47. The van der Waals surface area contributed by atoms with Gasteiger partial charge < -0.3 is 14.8 Å². The van der Waals surface area contributed by atoms with Crippen LogP contribution < -0.4 is 10.1 Å². The van der Waals surface area contributed by atoms with Gasteiger partial charge in [-0.3, -0.25) is 0 Å². The molecule has 0 aliphatic carbocycles. The standard InChI is InChI=1S/C17H22N2O2/c1-13-7-8-14-4-2-6-16(17(14)19-13)21-11-9-18-12-15-5-3-10-20-15/h2,4,6-8,15,18H,3,5,9-12H2,1H3. The second kappa shape index (κ2) is 6.87. The number of ether oxygens (including phenoxy) is 2. The molecule has 0 amide bonds. The molecule has 1 saturated heterocycles. The average molecular weight is 286 g/mol. The molecule has 112 valence electrons. The first-order valence-electron chi connectivity index (χ1n) is 7.64. The molecule has 1 aromatic heterocycles. The quantitative estimate of drug-likeness (QED) is 0.829. The molecule has 2 aromatic rings. The number of pyridine rings is 1. The fraction of sp³-hybridized carbons (Fsp3) is 0.471. The number of benzene rings is 1. The fourth-order valence-electron chi connectivity index (χ4n) is 2.64. The summed E-state index contributed by atoms with van der Waals surface area (Å²) in [7, 11) is 0. The Kier molecular flexibility index (Phi) is 4.68. The van der Waals surface area contributed by atoms with Crippen LogP contribution in [0.2, 0.25) is 0 Å². The van der Waals surface area contributed by atoms with Crippen molar-refractivity contribution in [1.29, 1.82) is 0 Å². The summed E-state index contributed by atoms with van der Waals surface area (Å²) >= 11 is 0. The molecule has 1 N–H and O–H groups in total. The number of rotatable bonds is 6. The van der Waals surface area contributed by atoms with E-state index in [0.717, 1.165) is 42.0 Å². The Balaban J connectivity index is 1.51. The Morgan fingerprint density at radius 1 is 1.33 bits per heavy atom. The van der Waals surface area contributed by atoms with Crippen molar-refractivity contribution in [2.75, 3.05) is 26.3 Å². The van der Waals surface area contributed by atoms with Crippen LogP contribution in [-0.4, -0.2) is 37.4 Å². The third-order valence-corrected chi connectivity index (χ3v) is 3.75. The van der Waals surface area contributed by atoms with Crippen molar-refractivity contribution in [3.63, 3.8) is 0 Å². The zero-order valence-corrected chi connectivity index (χ0v) is 12.5. The average Bonchev–Trinajstić information content (AvgIpc) is 3.00.